The molecule has 2 aromatic heterocycles. The fraction of sp³-hybridized carbons (Fsp3) is 0.269. The molecule has 0 radical (unpaired) electrons. The van der Waals surface area contributed by atoms with Gasteiger partial charge in [0.15, 0.2) is 10.5 Å². The van der Waals surface area contributed by atoms with Crippen LogP contribution in [0.3, 0.4) is 0 Å². The van der Waals surface area contributed by atoms with E-state index in [1.165, 1.54) is 40.7 Å². The Morgan fingerprint density at radius 3 is 2.52 bits per heavy atom. The van der Waals surface area contributed by atoms with Crippen molar-refractivity contribution in [3.63, 3.8) is 0 Å². The number of phenolic OH excluding ortho intramolecular Hbond substituents is 1. The van der Waals surface area contributed by atoms with Gasteiger partial charge in [0.25, 0.3) is 5.69 Å². The minimum atomic E-state index is -4.27. The third-order valence-electron chi connectivity index (χ3n) is 5.79. The van der Waals surface area contributed by atoms with E-state index in [0.717, 1.165) is 16.4 Å². The molecule has 0 fully saturated rings. The number of aromatic nitrogens is 3. The van der Waals surface area contributed by atoms with E-state index >= 15 is 0 Å². The van der Waals surface area contributed by atoms with Crippen LogP contribution < -0.4 is 4.90 Å². The van der Waals surface area contributed by atoms with Gasteiger partial charge in [0.2, 0.25) is 10.0 Å². The summed E-state index contributed by atoms with van der Waals surface area (Å²) in [6.07, 6.45) is 2.40. The van der Waals surface area contributed by atoms with Crippen molar-refractivity contribution in [3.8, 4) is 16.9 Å². The maximum atomic E-state index is 13.3. The van der Waals surface area contributed by atoms with Gasteiger partial charge in [-0.3, -0.25) is 15.0 Å². The summed E-state index contributed by atoms with van der Waals surface area (Å²) in [7, 11) is -3.00. The van der Waals surface area contributed by atoms with Crippen molar-refractivity contribution in [2.75, 3.05) is 25.0 Å². The van der Waals surface area contributed by atoms with Crippen molar-refractivity contribution >= 4 is 33.3 Å². The Morgan fingerprint density at radius 1 is 1.12 bits per heavy atom. The molecule has 13 nitrogen and oxygen atoms in total. The number of phenols is 1. The van der Waals surface area contributed by atoms with Crippen molar-refractivity contribution in [3.05, 3.63) is 77.1 Å². The lowest BCUT2D eigenvalue weighted by molar-refractivity contribution is -0.387. The molecule has 0 spiro atoms. The molecule has 0 atom stereocenters. The predicted molar refractivity (Wildman–Crippen MR) is 147 cm³/mol. The average Bonchev–Trinajstić information content (AvgIpc) is 3.31. The van der Waals surface area contributed by atoms with Gasteiger partial charge in [0, 0.05) is 38.0 Å². The molecule has 0 saturated heterocycles. The molecule has 0 saturated carbocycles. The van der Waals surface area contributed by atoms with Crippen LogP contribution in [0.25, 0.3) is 16.8 Å². The molecular weight excluding hydrogens is 540 g/mol. The average molecular weight is 569 g/mol. The van der Waals surface area contributed by atoms with Gasteiger partial charge >= 0.3 is 6.09 Å². The van der Waals surface area contributed by atoms with Crippen molar-refractivity contribution in [1.29, 1.82) is 0 Å². The van der Waals surface area contributed by atoms with Crippen LogP contribution in [0.4, 0.5) is 16.3 Å². The van der Waals surface area contributed by atoms with Crippen LogP contribution in [0.2, 0.25) is 0 Å². The molecule has 2 aromatic carbocycles. The molecule has 0 aliphatic carbocycles. The number of sulfonamides is 1. The Kier molecular flexibility index (Phi) is 7.75. The summed E-state index contributed by atoms with van der Waals surface area (Å²) < 4.78 is 34.4. The van der Waals surface area contributed by atoms with Crippen LogP contribution >= 0.6 is 0 Å². The molecule has 0 aliphatic rings. The number of carbonyl (C=O) groups excluding carboxylic acids is 1. The van der Waals surface area contributed by atoms with Crippen LogP contribution in [0.15, 0.2) is 71.9 Å². The third kappa shape index (κ3) is 6.02. The van der Waals surface area contributed by atoms with E-state index in [1.807, 2.05) is 0 Å². The quantitative estimate of drug-likeness (QED) is 0.244. The second-order valence-corrected chi connectivity index (χ2v) is 11.9. The SMILES string of the molecule is CN(CCN(C(=O)OC(C)(C)C)c1ccn2ncc(-c3cccc(O)c3)c2n1)S(=O)(=O)c1ccccc1[N+](=O)[O-]. The number of rotatable bonds is 8. The Bertz CT molecular complexity index is 1680. The minimum absolute atomic E-state index is 0.0614. The Balaban J connectivity index is 1.69. The van der Waals surface area contributed by atoms with Crippen molar-refractivity contribution in [2.45, 2.75) is 31.3 Å². The van der Waals surface area contributed by atoms with Gasteiger partial charge in [0.05, 0.1) is 11.1 Å². The predicted octanol–water partition coefficient (Wildman–Crippen LogP) is 4.07. The number of hydrogen-bond acceptors (Lipinski definition) is 9. The van der Waals surface area contributed by atoms with Crippen molar-refractivity contribution in [1.82, 2.24) is 18.9 Å². The summed E-state index contributed by atoms with van der Waals surface area (Å²) in [4.78, 5) is 29.3. The number of likely N-dealkylation sites (N-methyl/N-ethyl adjacent to an activating group) is 1. The first kappa shape index (κ1) is 28.4. The number of para-hydroxylation sites is 1. The van der Waals surface area contributed by atoms with Crippen LogP contribution in [0.1, 0.15) is 20.8 Å². The largest absolute Gasteiger partial charge is 0.508 e. The lowest BCUT2D eigenvalue weighted by Gasteiger charge is -2.28. The van der Waals surface area contributed by atoms with E-state index in [1.54, 1.807) is 51.4 Å². The van der Waals surface area contributed by atoms with Gasteiger partial charge < -0.3 is 9.84 Å². The molecule has 1 amide bonds. The number of nitro groups is 1. The standard InChI is InChI=1S/C26H28N6O7S/c1-26(2,3)39-25(34)30(15-14-29(4)40(37,38)22-11-6-5-10-21(22)32(35)36)23-12-13-31-24(28-23)20(17-27-31)18-8-7-9-19(33)16-18/h5-13,16-17,33H,14-15H2,1-4H3. The normalized spacial score (nSPS) is 12.0. The first-order valence-electron chi connectivity index (χ1n) is 12.1. The smallest absolute Gasteiger partial charge is 0.416 e. The second-order valence-electron chi connectivity index (χ2n) is 9.85. The van der Waals surface area contributed by atoms with Gasteiger partial charge in [-0.05, 0) is 50.6 Å². The van der Waals surface area contributed by atoms with Gasteiger partial charge in [0.1, 0.15) is 17.2 Å². The number of amides is 1. The van der Waals surface area contributed by atoms with E-state index in [4.69, 9.17) is 4.74 Å². The molecule has 4 rings (SSSR count). The van der Waals surface area contributed by atoms with Gasteiger partial charge in [-0.2, -0.15) is 9.40 Å². The molecule has 2 heterocycles. The lowest BCUT2D eigenvalue weighted by atomic mass is 10.1. The molecule has 210 valence electrons. The summed E-state index contributed by atoms with van der Waals surface area (Å²) in [6, 6.07) is 13.1. The number of aromatic hydroxyl groups is 1. The number of anilines is 1. The van der Waals surface area contributed by atoms with E-state index in [2.05, 4.69) is 10.1 Å². The Labute approximate surface area is 230 Å². The molecule has 40 heavy (non-hydrogen) atoms. The molecular formula is C26H28N6O7S. The summed E-state index contributed by atoms with van der Waals surface area (Å²) in [5.41, 5.74) is 0.228. The maximum Gasteiger partial charge on any atom is 0.416 e. The highest BCUT2D eigenvalue weighted by Crippen LogP contribution is 2.29. The number of benzene rings is 2. The highest BCUT2D eigenvalue weighted by Gasteiger charge is 2.31. The second kappa shape index (κ2) is 10.9. The van der Waals surface area contributed by atoms with Crippen LogP contribution in [-0.2, 0) is 14.8 Å². The molecule has 1 N–H and O–H groups in total. The van der Waals surface area contributed by atoms with Gasteiger partial charge in [-0.25, -0.2) is 22.7 Å². The fourth-order valence-electron chi connectivity index (χ4n) is 3.86. The molecule has 14 heteroatoms. The number of hydrogen-bond donors (Lipinski definition) is 1. The minimum Gasteiger partial charge on any atom is -0.508 e. The van der Waals surface area contributed by atoms with E-state index in [-0.39, 0.29) is 24.7 Å². The maximum absolute atomic E-state index is 13.3. The fourth-order valence-corrected chi connectivity index (χ4v) is 5.17. The molecule has 4 aromatic rings. The first-order valence-corrected chi connectivity index (χ1v) is 13.6. The van der Waals surface area contributed by atoms with Crippen LogP contribution in [0.5, 0.6) is 5.75 Å². The zero-order chi connectivity index (χ0) is 29.2. The van der Waals surface area contributed by atoms with Gasteiger partial charge in [-0.1, -0.05) is 24.3 Å². The third-order valence-corrected chi connectivity index (χ3v) is 7.69. The summed E-state index contributed by atoms with van der Waals surface area (Å²) in [5, 5.41) is 25.6. The molecule has 0 aliphatic heterocycles. The summed E-state index contributed by atoms with van der Waals surface area (Å²) in [5.74, 6) is 0.228. The van der Waals surface area contributed by atoms with E-state index in [0.29, 0.717) is 16.8 Å². The topological polar surface area (TPSA) is 160 Å². The number of fused-ring (bicyclic) bond motifs is 1. The zero-order valence-electron chi connectivity index (χ0n) is 22.3. The number of nitrogens with zero attached hydrogens (tertiary/aromatic N) is 6. The van der Waals surface area contributed by atoms with Crippen LogP contribution in [0, 0.1) is 10.1 Å². The summed E-state index contributed by atoms with van der Waals surface area (Å²) >= 11 is 0. The number of nitro benzene ring substituents is 1. The lowest BCUT2D eigenvalue weighted by Crippen LogP contribution is -2.42. The Morgan fingerprint density at radius 2 is 1.85 bits per heavy atom. The molecule has 0 unspecified atom stereocenters. The van der Waals surface area contributed by atoms with Gasteiger partial charge in [-0.15, -0.1) is 0 Å². The van der Waals surface area contributed by atoms with Crippen LogP contribution in [-0.4, -0.2) is 69.2 Å². The highest BCUT2D eigenvalue weighted by atomic mass is 32.2. The Hall–Kier alpha value is -4.56. The zero-order valence-corrected chi connectivity index (χ0v) is 23.1. The number of carbonyl (C=O) groups is 1. The highest BCUT2D eigenvalue weighted by molar-refractivity contribution is 7.89. The first-order chi connectivity index (χ1) is 18.8. The monoisotopic (exact) mass is 568 g/mol. The summed E-state index contributed by atoms with van der Waals surface area (Å²) in [6.45, 7) is 4.69. The van der Waals surface area contributed by atoms with E-state index < -0.39 is 37.2 Å². The van der Waals surface area contributed by atoms with Crippen molar-refractivity contribution in [2.24, 2.45) is 0 Å². The molecule has 0 bridgehead atoms. The van der Waals surface area contributed by atoms with Crippen molar-refractivity contribution < 1.29 is 28.0 Å². The van der Waals surface area contributed by atoms with E-state index in [9.17, 15) is 28.4 Å². The number of ether oxygens (including phenoxy) is 1.